The maximum absolute atomic E-state index is 3.29. The number of piperazine rings is 1. The second-order valence-corrected chi connectivity index (χ2v) is 4.70. The van der Waals surface area contributed by atoms with Crippen LogP contribution in [0.4, 0.5) is 0 Å². The van der Waals surface area contributed by atoms with E-state index >= 15 is 0 Å². The van der Waals surface area contributed by atoms with Gasteiger partial charge in [-0.1, -0.05) is 19.8 Å². The van der Waals surface area contributed by atoms with Crippen LogP contribution in [0.15, 0.2) is 0 Å². The maximum atomic E-state index is 3.29. The van der Waals surface area contributed by atoms with E-state index in [9.17, 15) is 0 Å². The molecule has 3 heteroatoms. The Morgan fingerprint density at radius 3 is 2.73 bits per heavy atom. The van der Waals surface area contributed by atoms with Crippen LogP contribution in [-0.4, -0.2) is 62.7 Å². The molecule has 0 radical (unpaired) electrons. The summed E-state index contributed by atoms with van der Waals surface area (Å²) in [6, 6.07) is 0.699. The van der Waals surface area contributed by atoms with Gasteiger partial charge in [0.1, 0.15) is 0 Å². The molecule has 1 fully saturated rings. The Labute approximate surface area is 94.8 Å². The Hall–Kier alpha value is -0.120. The second-order valence-electron chi connectivity index (χ2n) is 4.70. The van der Waals surface area contributed by atoms with Gasteiger partial charge in [-0.2, -0.15) is 0 Å². The summed E-state index contributed by atoms with van der Waals surface area (Å²) in [5, 5.41) is 3.29. The van der Waals surface area contributed by atoms with E-state index in [0.29, 0.717) is 6.04 Å². The Morgan fingerprint density at radius 1 is 1.27 bits per heavy atom. The van der Waals surface area contributed by atoms with E-state index in [4.69, 9.17) is 0 Å². The van der Waals surface area contributed by atoms with Crippen molar-refractivity contribution < 1.29 is 0 Å². The Bertz CT molecular complexity index is 161. The molecule has 90 valence electrons. The minimum atomic E-state index is 0.699. The highest BCUT2D eigenvalue weighted by atomic mass is 15.3. The molecule has 0 amide bonds. The van der Waals surface area contributed by atoms with Crippen molar-refractivity contribution in [3.63, 3.8) is 0 Å². The standard InChI is InChI=1S/C12H27N3/c1-4-5-6-7-15-9-8-14(3)12(11-15)10-13-2/h12-13H,4-11H2,1-3H3. The van der Waals surface area contributed by atoms with Crippen LogP contribution in [0.1, 0.15) is 26.2 Å². The van der Waals surface area contributed by atoms with Crippen LogP contribution in [0.5, 0.6) is 0 Å². The van der Waals surface area contributed by atoms with E-state index < -0.39 is 0 Å². The lowest BCUT2D eigenvalue weighted by atomic mass is 10.1. The second kappa shape index (κ2) is 7.20. The van der Waals surface area contributed by atoms with Crippen LogP contribution in [0, 0.1) is 0 Å². The smallest absolute Gasteiger partial charge is 0.0345 e. The average Bonchev–Trinajstić information content (AvgIpc) is 2.23. The van der Waals surface area contributed by atoms with Gasteiger partial charge in [0, 0.05) is 32.2 Å². The Morgan fingerprint density at radius 2 is 2.07 bits per heavy atom. The fourth-order valence-corrected chi connectivity index (χ4v) is 2.25. The van der Waals surface area contributed by atoms with Gasteiger partial charge in [0.15, 0.2) is 0 Å². The largest absolute Gasteiger partial charge is 0.318 e. The fraction of sp³-hybridized carbons (Fsp3) is 1.00. The monoisotopic (exact) mass is 213 g/mol. The summed E-state index contributed by atoms with van der Waals surface area (Å²) in [6.07, 6.45) is 4.07. The van der Waals surface area contributed by atoms with E-state index in [0.717, 1.165) is 6.54 Å². The molecule has 1 unspecified atom stereocenters. The van der Waals surface area contributed by atoms with Crippen molar-refractivity contribution in [3.8, 4) is 0 Å². The molecule has 0 aromatic rings. The minimum Gasteiger partial charge on any atom is -0.318 e. The molecule has 1 heterocycles. The summed E-state index contributed by atoms with van der Waals surface area (Å²) < 4.78 is 0. The average molecular weight is 213 g/mol. The predicted octanol–water partition coefficient (Wildman–Crippen LogP) is 1.01. The van der Waals surface area contributed by atoms with Gasteiger partial charge in [0.2, 0.25) is 0 Å². The van der Waals surface area contributed by atoms with E-state index in [1.54, 1.807) is 0 Å². The summed E-state index contributed by atoms with van der Waals surface area (Å²) in [7, 11) is 4.29. The molecule has 1 atom stereocenters. The van der Waals surface area contributed by atoms with Gasteiger partial charge in [0.05, 0.1) is 0 Å². The van der Waals surface area contributed by atoms with Gasteiger partial charge >= 0.3 is 0 Å². The van der Waals surface area contributed by atoms with Crippen LogP contribution in [0.2, 0.25) is 0 Å². The summed E-state index contributed by atoms with van der Waals surface area (Å²) in [5.41, 5.74) is 0. The molecule has 0 spiro atoms. The third-order valence-electron chi connectivity index (χ3n) is 3.38. The van der Waals surface area contributed by atoms with Crippen LogP contribution < -0.4 is 5.32 Å². The van der Waals surface area contributed by atoms with Crippen molar-refractivity contribution in [2.75, 3.05) is 46.8 Å². The van der Waals surface area contributed by atoms with E-state index in [1.165, 1.54) is 45.4 Å². The van der Waals surface area contributed by atoms with Crippen LogP contribution in [0.3, 0.4) is 0 Å². The topological polar surface area (TPSA) is 18.5 Å². The molecule has 0 aromatic carbocycles. The Kier molecular flexibility index (Phi) is 6.22. The molecule has 1 aliphatic rings. The minimum absolute atomic E-state index is 0.699. The first-order valence-corrected chi connectivity index (χ1v) is 6.35. The van der Waals surface area contributed by atoms with Gasteiger partial charge in [-0.15, -0.1) is 0 Å². The summed E-state index contributed by atoms with van der Waals surface area (Å²) in [5.74, 6) is 0. The SMILES string of the molecule is CCCCCN1CCN(C)C(CNC)C1. The first-order chi connectivity index (χ1) is 7.27. The number of unbranched alkanes of at least 4 members (excludes halogenated alkanes) is 2. The zero-order valence-electron chi connectivity index (χ0n) is 10.6. The fourth-order valence-electron chi connectivity index (χ4n) is 2.25. The van der Waals surface area contributed by atoms with Crippen molar-refractivity contribution >= 4 is 0 Å². The molecule has 1 rings (SSSR count). The first kappa shape index (κ1) is 12.9. The quantitative estimate of drug-likeness (QED) is 0.664. The first-order valence-electron chi connectivity index (χ1n) is 6.35. The molecule has 0 aliphatic carbocycles. The normalized spacial score (nSPS) is 24.6. The third kappa shape index (κ3) is 4.49. The number of nitrogens with zero attached hydrogens (tertiary/aromatic N) is 2. The number of likely N-dealkylation sites (N-methyl/N-ethyl adjacent to an activating group) is 2. The van der Waals surface area contributed by atoms with Crippen molar-refractivity contribution in [2.45, 2.75) is 32.2 Å². The highest BCUT2D eigenvalue weighted by molar-refractivity contribution is 4.81. The van der Waals surface area contributed by atoms with Crippen LogP contribution in [-0.2, 0) is 0 Å². The summed E-state index contributed by atoms with van der Waals surface area (Å²) in [4.78, 5) is 5.10. The van der Waals surface area contributed by atoms with E-state index in [1.807, 2.05) is 7.05 Å². The van der Waals surface area contributed by atoms with E-state index in [-0.39, 0.29) is 0 Å². The number of rotatable bonds is 6. The summed E-state index contributed by atoms with van der Waals surface area (Å²) in [6.45, 7) is 8.39. The van der Waals surface area contributed by atoms with Crippen molar-refractivity contribution in [2.24, 2.45) is 0 Å². The van der Waals surface area contributed by atoms with Gasteiger partial charge in [-0.05, 0) is 27.1 Å². The molecule has 3 nitrogen and oxygen atoms in total. The number of hydrogen-bond donors (Lipinski definition) is 1. The van der Waals surface area contributed by atoms with Gasteiger partial charge < -0.3 is 10.2 Å². The maximum Gasteiger partial charge on any atom is 0.0345 e. The van der Waals surface area contributed by atoms with Gasteiger partial charge in [-0.25, -0.2) is 0 Å². The van der Waals surface area contributed by atoms with Crippen LogP contribution >= 0.6 is 0 Å². The molecule has 1 saturated heterocycles. The highest BCUT2D eigenvalue weighted by Crippen LogP contribution is 2.08. The lowest BCUT2D eigenvalue weighted by Crippen LogP contribution is -2.54. The van der Waals surface area contributed by atoms with Crippen molar-refractivity contribution in [3.05, 3.63) is 0 Å². The third-order valence-corrected chi connectivity index (χ3v) is 3.38. The van der Waals surface area contributed by atoms with E-state index in [2.05, 4.69) is 29.1 Å². The lowest BCUT2D eigenvalue weighted by Gasteiger charge is -2.39. The zero-order valence-corrected chi connectivity index (χ0v) is 10.6. The molecular formula is C12H27N3. The molecule has 0 saturated carbocycles. The lowest BCUT2D eigenvalue weighted by molar-refractivity contribution is 0.0947. The molecule has 1 aliphatic heterocycles. The molecule has 0 aromatic heterocycles. The molecular weight excluding hydrogens is 186 g/mol. The highest BCUT2D eigenvalue weighted by Gasteiger charge is 2.22. The molecule has 1 N–H and O–H groups in total. The van der Waals surface area contributed by atoms with Crippen LogP contribution in [0.25, 0.3) is 0 Å². The summed E-state index contributed by atoms with van der Waals surface area (Å²) >= 11 is 0. The Balaban J connectivity index is 2.23. The number of hydrogen-bond acceptors (Lipinski definition) is 3. The van der Waals surface area contributed by atoms with Gasteiger partial charge in [-0.3, -0.25) is 4.90 Å². The molecule has 0 bridgehead atoms. The predicted molar refractivity (Wildman–Crippen MR) is 66.3 cm³/mol. The van der Waals surface area contributed by atoms with Crippen molar-refractivity contribution in [1.82, 2.24) is 15.1 Å². The van der Waals surface area contributed by atoms with Gasteiger partial charge in [0.25, 0.3) is 0 Å². The number of nitrogens with one attached hydrogen (secondary N) is 1. The van der Waals surface area contributed by atoms with Crippen molar-refractivity contribution in [1.29, 1.82) is 0 Å². The zero-order chi connectivity index (χ0) is 11.1. The molecule has 15 heavy (non-hydrogen) atoms.